The summed E-state index contributed by atoms with van der Waals surface area (Å²) in [6.45, 7) is 8.27. The lowest BCUT2D eigenvalue weighted by Crippen LogP contribution is -2.35. The van der Waals surface area contributed by atoms with Crippen molar-refractivity contribution >= 4 is 45.7 Å². The van der Waals surface area contributed by atoms with Gasteiger partial charge in [0, 0.05) is 32.3 Å². The van der Waals surface area contributed by atoms with Crippen molar-refractivity contribution in [3.63, 3.8) is 0 Å². The molecule has 0 saturated carbocycles. The van der Waals surface area contributed by atoms with Gasteiger partial charge in [-0.2, -0.15) is 0 Å². The van der Waals surface area contributed by atoms with Crippen LogP contribution in [0.1, 0.15) is 38.3 Å². The highest BCUT2D eigenvalue weighted by Gasteiger charge is 2.30. The summed E-state index contributed by atoms with van der Waals surface area (Å²) in [6.07, 6.45) is 2.00. The van der Waals surface area contributed by atoms with Crippen LogP contribution >= 0.6 is 35.7 Å². The number of hydrogen-bond acceptors (Lipinski definition) is 7. The minimum atomic E-state index is -3.64. The maximum atomic E-state index is 11.6. The zero-order valence-electron chi connectivity index (χ0n) is 14.0. The molecule has 0 spiro atoms. The summed E-state index contributed by atoms with van der Waals surface area (Å²) in [7, 11) is -3.64. The molecule has 2 rings (SSSR count). The van der Waals surface area contributed by atoms with E-state index < -0.39 is 10.0 Å². The largest absolute Gasteiger partial charge is 0.382 e. The van der Waals surface area contributed by atoms with Crippen LogP contribution in [0.15, 0.2) is 14.5 Å². The van der Waals surface area contributed by atoms with Crippen LogP contribution in [0.3, 0.4) is 0 Å². The Kier molecular flexibility index (Phi) is 9.53. The van der Waals surface area contributed by atoms with E-state index in [4.69, 9.17) is 9.88 Å². The molecular formula is C14H26ClN3O3S3. The van der Waals surface area contributed by atoms with Gasteiger partial charge in [0.1, 0.15) is 4.21 Å². The average Bonchev–Trinajstić information content (AvgIpc) is 2.93. The smallest absolute Gasteiger partial charge is 0.247 e. The molecule has 0 aliphatic carbocycles. The number of ether oxygens (including phenoxy) is 1. The van der Waals surface area contributed by atoms with Gasteiger partial charge in [0.05, 0.1) is 4.21 Å². The van der Waals surface area contributed by atoms with Crippen molar-refractivity contribution in [3.8, 4) is 0 Å². The van der Waals surface area contributed by atoms with Crippen LogP contribution in [-0.4, -0.2) is 45.6 Å². The molecule has 1 aliphatic rings. The molecule has 0 fully saturated rings. The molecule has 3 N–H and O–H groups in total. The second-order valence-corrected chi connectivity index (χ2v) is 9.60. The van der Waals surface area contributed by atoms with Gasteiger partial charge in [-0.3, -0.25) is 0 Å². The monoisotopic (exact) mass is 415 g/mol. The first kappa shape index (κ1) is 22.2. The van der Waals surface area contributed by atoms with E-state index in [1.807, 2.05) is 6.92 Å². The highest BCUT2D eigenvalue weighted by molar-refractivity contribution is 7.99. The molecule has 1 aliphatic heterocycles. The van der Waals surface area contributed by atoms with E-state index in [0.717, 1.165) is 55.5 Å². The third-order valence-electron chi connectivity index (χ3n) is 3.50. The quantitative estimate of drug-likeness (QED) is 0.476. The third kappa shape index (κ3) is 6.14. The van der Waals surface area contributed by atoms with Crippen molar-refractivity contribution in [2.24, 2.45) is 5.14 Å². The van der Waals surface area contributed by atoms with E-state index in [1.165, 1.54) is 11.3 Å². The zero-order valence-corrected chi connectivity index (χ0v) is 17.3. The Hall–Kier alpha value is 0.130. The van der Waals surface area contributed by atoms with Crippen molar-refractivity contribution in [3.05, 3.63) is 11.6 Å². The molecule has 1 aromatic heterocycles. The molecule has 6 nitrogen and oxygen atoms in total. The van der Waals surface area contributed by atoms with Gasteiger partial charge in [0.15, 0.2) is 0 Å². The van der Waals surface area contributed by atoms with E-state index in [9.17, 15) is 8.42 Å². The van der Waals surface area contributed by atoms with Crippen molar-refractivity contribution in [1.29, 1.82) is 0 Å². The maximum absolute atomic E-state index is 11.6. The molecule has 0 unspecified atom stereocenters. The van der Waals surface area contributed by atoms with Gasteiger partial charge >= 0.3 is 0 Å². The summed E-state index contributed by atoms with van der Waals surface area (Å²) in [5.74, 6) is 0. The fraction of sp³-hybridized carbons (Fsp3) is 0.714. The minimum absolute atomic E-state index is 0. The molecule has 2 heterocycles. The van der Waals surface area contributed by atoms with Crippen LogP contribution in [-0.2, 0) is 14.8 Å². The second kappa shape index (κ2) is 10.3. The number of nitrogens with one attached hydrogen (secondary N) is 1. The van der Waals surface area contributed by atoms with Gasteiger partial charge in [0.2, 0.25) is 10.0 Å². The first-order valence-corrected chi connectivity index (χ1v) is 11.0. The summed E-state index contributed by atoms with van der Waals surface area (Å²) in [6, 6.07) is 1.87. The normalized spacial score (nSPS) is 18.2. The number of nitrogens with zero attached hydrogens (tertiary/aromatic N) is 1. The van der Waals surface area contributed by atoms with Crippen molar-refractivity contribution in [2.45, 2.75) is 41.1 Å². The lowest BCUT2D eigenvalue weighted by atomic mass is 10.1. The summed E-state index contributed by atoms with van der Waals surface area (Å²) in [5, 5.41) is 8.79. The number of hydrogen-bond donors (Lipinski definition) is 2. The van der Waals surface area contributed by atoms with E-state index >= 15 is 0 Å². The molecule has 0 bridgehead atoms. The number of primary sulfonamides is 1. The van der Waals surface area contributed by atoms with Gasteiger partial charge in [-0.1, -0.05) is 6.92 Å². The van der Waals surface area contributed by atoms with E-state index in [1.54, 1.807) is 18.0 Å². The Labute approximate surface area is 159 Å². The van der Waals surface area contributed by atoms with E-state index in [-0.39, 0.29) is 22.7 Å². The zero-order chi connectivity index (χ0) is 16.9. The fourth-order valence-corrected chi connectivity index (χ4v) is 5.97. The number of rotatable bonds is 9. The summed E-state index contributed by atoms with van der Waals surface area (Å²) in [5.41, 5.74) is 1.05. The number of nitrogens with two attached hydrogens (primary N) is 1. The molecule has 0 amide bonds. The number of halogens is 1. The van der Waals surface area contributed by atoms with Gasteiger partial charge in [-0.05, 0) is 49.9 Å². The Morgan fingerprint density at radius 2 is 2.21 bits per heavy atom. The lowest BCUT2D eigenvalue weighted by Gasteiger charge is -2.32. The van der Waals surface area contributed by atoms with Crippen LogP contribution in [0.25, 0.3) is 0 Å². The lowest BCUT2D eigenvalue weighted by molar-refractivity contribution is 0.140. The van der Waals surface area contributed by atoms with Gasteiger partial charge in [-0.25, -0.2) is 17.9 Å². The van der Waals surface area contributed by atoms with Crippen LogP contribution in [0, 0.1) is 0 Å². The molecule has 1 atom stereocenters. The second-order valence-electron chi connectivity index (χ2n) is 5.39. The summed E-state index contributed by atoms with van der Waals surface area (Å²) in [4.78, 5) is 0. The molecule has 0 radical (unpaired) electrons. The van der Waals surface area contributed by atoms with Crippen molar-refractivity contribution in [1.82, 2.24) is 9.62 Å². The first-order valence-electron chi connectivity index (χ1n) is 7.86. The van der Waals surface area contributed by atoms with Crippen molar-refractivity contribution < 1.29 is 13.2 Å². The van der Waals surface area contributed by atoms with Crippen molar-refractivity contribution in [2.75, 3.05) is 32.8 Å². The molecule has 24 heavy (non-hydrogen) atoms. The Morgan fingerprint density at radius 3 is 2.83 bits per heavy atom. The predicted molar refractivity (Wildman–Crippen MR) is 103 cm³/mol. The van der Waals surface area contributed by atoms with E-state index in [0.29, 0.717) is 0 Å². The number of fused-ring (bicyclic) bond motifs is 1. The summed E-state index contributed by atoms with van der Waals surface area (Å²) < 4.78 is 32.2. The highest BCUT2D eigenvalue weighted by atomic mass is 35.5. The number of sulfonamides is 1. The standard InChI is InChI=1S/C14H25N3O3S3.ClH/c1-3-6-16-12-10-17(7-5-8-20-4-2)22-14-11(12)9-13(21-14)23(15,18)19;/h9,12,16H,3-8,10H2,1-2H3,(H2,15,18,19);1H/t12-;/m0./s1. The molecular weight excluding hydrogens is 390 g/mol. The van der Waals surface area contributed by atoms with E-state index in [2.05, 4.69) is 16.5 Å². The number of thiophene rings is 1. The van der Waals surface area contributed by atoms with Gasteiger partial charge < -0.3 is 10.1 Å². The van der Waals surface area contributed by atoms with Gasteiger partial charge in [-0.15, -0.1) is 23.7 Å². The van der Waals surface area contributed by atoms with Crippen LogP contribution in [0.4, 0.5) is 0 Å². The first-order chi connectivity index (χ1) is 11.0. The Balaban J connectivity index is 0.00000288. The third-order valence-corrected chi connectivity index (χ3v) is 7.33. The topological polar surface area (TPSA) is 84.7 Å². The fourth-order valence-electron chi connectivity index (χ4n) is 2.39. The van der Waals surface area contributed by atoms with Crippen LogP contribution in [0.2, 0.25) is 0 Å². The minimum Gasteiger partial charge on any atom is -0.382 e. The van der Waals surface area contributed by atoms with Crippen LogP contribution in [0.5, 0.6) is 0 Å². The Morgan fingerprint density at radius 1 is 1.46 bits per heavy atom. The molecule has 1 aromatic rings. The maximum Gasteiger partial charge on any atom is 0.247 e. The van der Waals surface area contributed by atoms with Crippen LogP contribution < -0.4 is 10.5 Å². The Bertz CT molecular complexity index is 610. The average molecular weight is 416 g/mol. The van der Waals surface area contributed by atoms with Gasteiger partial charge in [0.25, 0.3) is 0 Å². The molecule has 10 heteroatoms. The predicted octanol–water partition coefficient (Wildman–Crippen LogP) is 2.61. The molecule has 0 aromatic carbocycles. The summed E-state index contributed by atoms with van der Waals surface area (Å²) >= 11 is 2.89. The molecule has 140 valence electrons. The molecule has 0 saturated heterocycles. The SMILES string of the molecule is CCCN[C@H]1CN(CCCOCC)Sc2sc(S(N)(=O)=O)cc21.Cl. The highest BCUT2D eigenvalue weighted by Crippen LogP contribution is 2.43.